The van der Waals surface area contributed by atoms with Gasteiger partial charge in [-0.05, 0) is 18.9 Å². The summed E-state index contributed by atoms with van der Waals surface area (Å²) >= 11 is 0. The minimum absolute atomic E-state index is 0.00398. The van der Waals surface area contributed by atoms with Crippen molar-refractivity contribution in [3.8, 4) is 5.69 Å². The van der Waals surface area contributed by atoms with Crippen LogP contribution in [0.3, 0.4) is 0 Å². The van der Waals surface area contributed by atoms with Crippen molar-refractivity contribution in [2.24, 2.45) is 0 Å². The van der Waals surface area contributed by atoms with Crippen LogP contribution in [0.15, 0.2) is 24.3 Å². The summed E-state index contributed by atoms with van der Waals surface area (Å²) in [5.74, 6) is 0.676. The molecule has 7 heteroatoms. The molecule has 2 aromatic rings. The first-order chi connectivity index (χ1) is 8.68. The van der Waals surface area contributed by atoms with E-state index in [4.69, 9.17) is 5.73 Å². The Morgan fingerprint density at radius 1 is 1.39 bits per heavy atom. The van der Waals surface area contributed by atoms with Crippen molar-refractivity contribution in [3.63, 3.8) is 0 Å². The fraction of sp³-hybridized carbons (Fsp3) is 0.273. The molecule has 1 aromatic heterocycles. The summed E-state index contributed by atoms with van der Waals surface area (Å²) < 4.78 is 1.49. The van der Waals surface area contributed by atoms with E-state index in [2.05, 4.69) is 10.3 Å². The highest BCUT2D eigenvalue weighted by atomic mass is 16.6. The number of hydrogen-bond acceptors (Lipinski definition) is 5. The molecule has 18 heavy (non-hydrogen) atoms. The van der Waals surface area contributed by atoms with Gasteiger partial charge in [-0.3, -0.25) is 10.1 Å². The first-order valence-corrected chi connectivity index (χ1v) is 5.63. The van der Waals surface area contributed by atoms with Gasteiger partial charge in [-0.25, -0.2) is 4.68 Å². The zero-order valence-corrected chi connectivity index (χ0v) is 9.48. The van der Waals surface area contributed by atoms with Crippen LogP contribution < -0.4 is 5.73 Å². The second-order valence-electron chi connectivity index (χ2n) is 4.29. The average Bonchev–Trinajstić information content (AvgIpc) is 3.12. The van der Waals surface area contributed by atoms with E-state index in [1.54, 1.807) is 18.2 Å². The van der Waals surface area contributed by atoms with Crippen LogP contribution >= 0.6 is 0 Å². The average molecular weight is 245 g/mol. The first-order valence-electron chi connectivity index (χ1n) is 5.63. The lowest BCUT2D eigenvalue weighted by Crippen LogP contribution is -2.05. The number of rotatable bonds is 3. The molecular weight excluding hydrogens is 234 g/mol. The van der Waals surface area contributed by atoms with Gasteiger partial charge in [-0.1, -0.05) is 17.3 Å². The Bertz CT molecular complexity index is 618. The van der Waals surface area contributed by atoms with Gasteiger partial charge in [-0.15, -0.1) is 5.10 Å². The predicted molar refractivity (Wildman–Crippen MR) is 64.4 cm³/mol. The summed E-state index contributed by atoms with van der Waals surface area (Å²) in [6.45, 7) is 0. The molecule has 1 fully saturated rings. The van der Waals surface area contributed by atoms with Crippen LogP contribution in [0.1, 0.15) is 24.5 Å². The summed E-state index contributed by atoms with van der Waals surface area (Å²) in [5.41, 5.74) is 6.98. The maximum Gasteiger partial charge on any atom is 0.294 e. The van der Waals surface area contributed by atoms with Crippen LogP contribution in [0.2, 0.25) is 0 Å². The van der Waals surface area contributed by atoms with Crippen LogP contribution in [0.4, 0.5) is 11.5 Å². The monoisotopic (exact) mass is 245 g/mol. The number of nitro benzene ring substituents is 1. The van der Waals surface area contributed by atoms with Gasteiger partial charge in [0.1, 0.15) is 5.69 Å². The number of nitro groups is 1. The molecular formula is C11H11N5O2. The summed E-state index contributed by atoms with van der Waals surface area (Å²) in [4.78, 5) is 10.6. The molecule has 0 spiro atoms. The Kier molecular flexibility index (Phi) is 2.26. The van der Waals surface area contributed by atoms with Gasteiger partial charge in [0.15, 0.2) is 5.82 Å². The quantitative estimate of drug-likeness (QED) is 0.654. The highest BCUT2D eigenvalue weighted by Gasteiger charge is 2.32. The lowest BCUT2D eigenvalue weighted by atomic mass is 10.2. The van der Waals surface area contributed by atoms with Crippen molar-refractivity contribution in [2.45, 2.75) is 18.8 Å². The molecule has 1 aromatic carbocycles. The van der Waals surface area contributed by atoms with Gasteiger partial charge in [0.2, 0.25) is 0 Å². The van der Waals surface area contributed by atoms with E-state index < -0.39 is 4.92 Å². The third-order valence-electron chi connectivity index (χ3n) is 3.00. The van der Waals surface area contributed by atoms with E-state index in [-0.39, 0.29) is 5.69 Å². The van der Waals surface area contributed by atoms with Gasteiger partial charge < -0.3 is 5.73 Å². The maximum atomic E-state index is 11.0. The number of nitrogens with two attached hydrogens (primary N) is 1. The SMILES string of the molecule is Nc1nnn(-c2ccccc2[N+](=O)[O-])c1C1CC1. The van der Waals surface area contributed by atoms with E-state index in [9.17, 15) is 10.1 Å². The minimum Gasteiger partial charge on any atom is -0.381 e. The van der Waals surface area contributed by atoms with Crippen LogP contribution in [0, 0.1) is 10.1 Å². The van der Waals surface area contributed by atoms with E-state index in [0.717, 1.165) is 18.5 Å². The highest BCUT2D eigenvalue weighted by Crippen LogP contribution is 2.43. The Labute approximate surface area is 102 Å². The molecule has 3 rings (SSSR count). The lowest BCUT2D eigenvalue weighted by molar-refractivity contribution is -0.384. The fourth-order valence-electron chi connectivity index (χ4n) is 2.02. The zero-order valence-electron chi connectivity index (χ0n) is 9.48. The van der Waals surface area contributed by atoms with E-state index in [1.807, 2.05) is 0 Å². The van der Waals surface area contributed by atoms with Crippen molar-refractivity contribution >= 4 is 11.5 Å². The van der Waals surface area contributed by atoms with Crippen LogP contribution in [0.5, 0.6) is 0 Å². The standard InChI is InChI=1S/C11H11N5O2/c12-11-10(7-5-6-7)15(14-13-11)8-3-1-2-4-9(8)16(17)18/h1-4,7H,5-6,12H2. The molecule has 0 bridgehead atoms. The van der Waals surface area contributed by atoms with E-state index >= 15 is 0 Å². The summed E-state index contributed by atoms with van der Waals surface area (Å²) in [5, 5.41) is 18.8. The number of nitrogen functional groups attached to an aromatic ring is 1. The molecule has 2 N–H and O–H groups in total. The molecule has 1 aliphatic carbocycles. The van der Waals surface area contributed by atoms with Gasteiger partial charge in [0.05, 0.1) is 10.6 Å². The number of anilines is 1. The van der Waals surface area contributed by atoms with Crippen molar-refractivity contribution in [1.82, 2.24) is 15.0 Å². The number of benzene rings is 1. The Hall–Kier alpha value is -2.44. The molecule has 0 saturated heterocycles. The smallest absolute Gasteiger partial charge is 0.294 e. The summed E-state index contributed by atoms with van der Waals surface area (Å²) in [6.07, 6.45) is 2.05. The van der Waals surface area contributed by atoms with Crippen molar-refractivity contribution in [2.75, 3.05) is 5.73 Å². The lowest BCUT2D eigenvalue weighted by Gasteiger charge is -2.05. The molecule has 1 aliphatic rings. The zero-order chi connectivity index (χ0) is 12.7. The first kappa shape index (κ1) is 10.7. The number of aromatic nitrogens is 3. The minimum atomic E-state index is -0.427. The normalized spacial score (nSPS) is 14.7. The molecule has 0 unspecified atom stereocenters. The molecule has 0 radical (unpaired) electrons. The van der Waals surface area contributed by atoms with Crippen LogP contribution in [-0.2, 0) is 0 Å². The van der Waals surface area contributed by atoms with Crippen molar-refractivity contribution in [3.05, 3.63) is 40.1 Å². The number of nitrogens with zero attached hydrogens (tertiary/aromatic N) is 4. The van der Waals surface area contributed by atoms with Gasteiger partial charge in [0.25, 0.3) is 5.69 Å². The Balaban J connectivity index is 2.18. The third kappa shape index (κ3) is 1.60. The molecule has 7 nitrogen and oxygen atoms in total. The number of hydrogen-bond donors (Lipinski definition) is 1. The molecule has 92 valence electrons. The molecule has 1 saturated carbocycles. The van der Waals surface area contributed by atoms with Gasteiger partial charge in [0, 0.05) is 12.0 Å². The van der Waals surface area contributed by atoms with E-state index in [1.165, 1.54) is 10.7 Å². The number of para-hydroxylation sites is 2. The largest absolute Gasteiger partial charge is 0.381 e. The molecule has 1 heterocycles. The highest BCUT2D eigenvalue weighted by molar-refractivity contribution is 5.55. The van der Waals surface area contributed by atoms with Crippen molar-refractivity contribution < 1.29 is 4.92 Å². The fourth-order valence-corrected chi connectivity index (χ4v) is 2.02. The third-order valence-corrected chi connectivity index (χ3v) is 3.00. The second-order valence-corrected chi connectivity index (χ2v) is 4.29. The molecule has 0 aliphatic heterocycles. The van der Waals surface area contributed by atoms with Crippen molar-refractivity contribution in [1.29, 1.82) is 0 Å². The Morgan fingerprint density at radius 3 is 2.78 bits per heavy atom. The maximum absolute atomic E-state index is 11.0. The Morgan fingerprint density at radius 2 is 2.11 bits per heavy atom. The second kappa shape index (κ2) is 3.80. The van der Waals surface area contributed by atoms with Crippen LogP contribution in [-0.4, -0.2) is 19.9 Å². The molecule has 0 amide bonds. The topological polar surface area (TPSA) is 99.9 Å². The summed E-state index contributed by atoms with van der Waals surface area (Å²) in [7, 11) is 0. The van der Waals surface area contributed by atoms with Gasteiger partial charge in [-0.2, -0.15) is 0 Å². The summed E-state index contributed by atoms with van der Waals surface area (Å²) in [6, 6.07) is 6.46. The predicted octanol–water partition coefficient (Wildman–Crippen LogP) is 1.64. The van der Waals surface area contributed by atoms with Crippen LogP contribution in [0.25, 0.3) is 5.69 Å². The molecule has 0 atom stereocenters. The van der Waals surface area contributed by atoms with E-state index in [0.29, 0.717) is 17.4 Å². The van der Waals surface area contributed by atoms with Gasteiger partial charge >= 0.3 is 0 Å².